The lowest BCUT2D eigenvalue weighted by Gasteiger charge is -2.26. The Labute approximate surface area is 192 Å². The third-order valence-corrected chi connectivity index (χ3v) is 5.90. The molecule has 0 saturated carbocycles. The Morgan fingerprint density at radius 3 is 2.18 bits per heavy atom. The quantitative estimate of drug-likeness (QED) is 0.343. The third kappa shape index (κ3) is 3.84. The Morgan fingerprint density at radius 1 is 0.879 bits per heavy atom. The number of amides is 1. The Bertz CT molecular complexity index is 1260. The maximum atomic E-state index is 13.3. The Balaban J connectivity index is 1.96. The fourth-order valence-corrected chi connectivity index (χ4v) is 4.13. The maximum absolute atomic E-state index is 13.3. The number of aryl methyl sites for hydroxylation is 2. The molecular weight excluding hydrogens is 418 g/mol. The molecule has 1 aliphatic heterocycles. The largest absolute Gasteiger partial charge is 0.507 e. The molecule has 1 heterocycles. The zero-order valence-electron chi connectivity index (χ0n) is 19.0. The number of aliphatic hydroxyl groups excluding tert-OH is 1. The van der Waals surface area contributed by atoms with Gasteiger partial charge in [-0.1, -0.05) is 42.0 Å². The number of anilines is 1. The molecule has 1 N–H and O–H groups in total. The molecule has 1 unspecified atom stereocenters. The van der Waals surface area contributed by atoms with Crippen LogP contribution in [0.2, 0.25) is 0 Å². The Hall–Kier alpha value is -4.06. The first-order valence-corrected chi connectivity index (χ1v) is 10.5. The zero-order valence-corrected chi connectivity index (χ0v) is 19.0. The van der Waals surface area contributed by atoms with Crippen LogP contribution in [0.1, 0.15) is 28.3 Å². The molecule has 33 heavy (non-hydrogen) atoms. The van der Waals surface area contributed by atoms with E-state index < -0.39 is 17.7 Å². The monoisotopic (exact) mass is 443 g/mol. The van der Waals surface area contributed by atoms with Crippen molar-refractivity contribution in [2.24, 2.45) is 0 Å². The molecule has 3 aromatic rings. The summed E-state index contributed by atoms with van der Waals surface area (Å²) in [4.78, 5) is 28.0. The van der Waals surface area contributed by atoms with E-state index in [2.05, 4.69) is 0 Å². The predicted molar refractivity (Wildman–Crippen MR) is 127 cm³/mol. The minimum atomic E-state index is -0.776. The Kier molecular flexibility index (Phi) is 5.92. The summed E-state index contributed by atoms with van der Waals surface area (Å²) in [5, 5.41) is 11.3. The lowest BCUT2D eigenvalue weighted by atomic mass is 9.92. The van der Waals surface area contributed by atoms with Crippen LogP contribution in [0.4, 0.5) is 5.69 Å². The number of hydrogen-bond acceptors (Lipinski definition) is 5. The second-order valence-electron chi connectivity index (χ2n) is 7.93. The van der Waals surface area contributed by atoms with Crippen LogP contribution in [-0.4, -0.2) is 31.0 Å². The summed E-state index contributed by atoms with van der Waals surface area (Å²) in [7, 11) is 3.01. The second kappa shape index (κ2) is 8.82. The van der Waals surface area contributed by atoms with Gasteiger partial charge in [0, 0.05) is 11.3 Å². The fraction of sp³-hybridized carbons (Fsp3) is 0.185. The fourth-order valence-electron chi connectivity index (χ4n) is 4.13. The van der Waals surface area contributed by atoms with Crippen molar-refractivity contribution in [2.75, 3.05) is 19.1 Å². The molecule has 1 aliphatic rings. The number of ketones is 1. The Morgan fingerprint density at radius 2 is 1.55 bits per heavy atom. The number of ether oxygens (including phenoxy) is 2. The van der Waals surface area contributed by atoms with Gasteiger partial charge in [-0.25, -0.2) is 0 Å². The van der Waals surface area contributed by atoms with E-state index >= 15 is 0 Å². The third-order valence-electron chi connectivity index (χ3n) is 5.90. The van der Waals surface area contributed by atoms with Crippen molar-refractivity contribution in [2.45, 2.75) is 19.9 Å². The van der Waals surface area contributed by atoms with Crippen LogP contribution in [0, 0.1) is 13.8 Å². The van der Waals surface area contributed by atoms with Crippen molar-refractivity contribution < 1.29 is 24.2 Å². The van der Waals surface area contributed by atoms with Crippen LogP contribution in [0.5, 0.6) is 11.5 Å². The van der Waals surface area contributed by atoms with Crippen LogP contribution in [0.25, 0.3) is 5.76 Å². The van der Waals surface area contributed by atoms with E-state index in [0.717, 1.165) is 16.7 Å². The molecule has 0 spiro atoms. The van der Waals surface area contributed by atoms with Gasteiger partial charge in [0.25, 0.3) is 11.7 Å². The number of hydrogen-bond donors (Lipinski definition) is 1. The summed E-state index contributed by atoms with van der Waals surface area (Å²) >= 11 is 0. The van der Waals surface area contributed by atoms with Gasteiger partial charge in [0.15, 0.2) is 11.5 Å². The minimum absolute atomic E-state index is 0.0297. The van der Waals surface area contributed by atoms with Crippen LogP contribution < -0.4 is 14.4 Å². The van der Waals surface area contributed by atoms with Crippen molar-refractivity contribution in [3.63, 3.8) is 0 Å². The molecule has 168 valence electrons. The summed E-state index contributed by atoms with van der Waals surface area (Å²) in [6.07, 6.45) is 0. The van der Waals surface area contributed by atoms with Crippen LogP contribution in [-0.2, 0) is 9.59 Å². The molecular formula is C27H25NO5. The van der Waals surface area contributed by atoms with Crippen molar-refractivity contribution in [3.05, 3.63) is 94.6 Å². The van der Waals surface area contributed by atoms with Crippen LogP contribution >= 0.6 is 0 Å². The van der Waals surface area contributed by atoms with Gasteiger partial charge in [-0.2, -0.15) is 0 Å². The first-order chi connectivity index (χ1) is 15.9. The van der Waals surface area contributed by atoms with E-state index in [1.165, 1.54) is 19.1 Å². The molecule has 0 aliphatic carbocycles. The van der Waals surface area contributed by atoms with Gasteiger partial charge >= 0.3 is 0 Å². The lowest BCUT2D eigenvalue weighted by molar-refractivity contribution is -0.132. The normalized spacial score (nSPS) is 17.3. The molecule has 3 aromatic carbocycles. The smallest absolute Gasteiger partial charge is 0.300 e. The van der Waals surface area contributed by atoms with E-state index in [1.54, 1.807) is 18.2 Å². The van der Waals surface area contributed by atoms with Gasteiger partial charge in [0.05, 0.1) is 25.8 Å². The SMILES string of the molecule is COc1ccc(/C(O)=C2\C(=O)C(=O)N(c3ccc(C)cc3)C2c2ccccc2C)cc1OC. The molecule has 6 heteroatoms. The number of carbonyl (C=O) groups is 2. The van der Waals surface area contributed by atoms with Gasteiger partial charge in [0.1, 0.15) is 5.76 Å². The first kappa shape index (κ1) is 22.1. The summed E-state index contributed by atoms with van der Waals surface area (Å²) in [6.45, 7) is 3.87. The van der Waals surface area contributed by atoms with Crippen molar-refractivity contribution in [1.82, 2.24) is 0 Å². The summed E-state index contributed by atoms with van der Waals surface area (Å²) in [5.74, 6) is -0.797. The number of benzene rings is 3. The molecule has 4 rings (SSSR count). The molecule has 1 saturated heterocycles. The molecule has 0 bridgehead atoms. The zero-order chi connectivity index (χ0) is 23.7. The topological polar surface area (TPSA) is 76.1 Å². The molecule has 0 aromatic heterocycles. The van der Waals surface area contributed by atoms with Gasteiger partial charge in [-0.3, -0.25) is 14.5 Å². The lowest BCUT2D eigenvalue weighted by Crippen LogP contribution is -2.29. The van der Waals surface area contributed by atoms with Crippen LogP contribution in [0.3, 0.4) is 0 Å². The molecule has 1 fully saturated rings. The van der Waals surface area contributed by atoms with E-state index in [-0.39, 0.29) is 11.3 Å². The predicted octanol–water partition coefficient (Wildman–Crippen LogP) is 4.95. The highest BCUT2D eigenvalue weighted by molar-refractivity contribution is 6.51. The maximum Gasteiger partial charge on any atom is 0.300 e. The number of aliphatic hydroxyl groups is 1. The first-order valence-electron chi connectivity index (χ1n) is 10.5. The van der Waals surface area contributed by atoms with Gasteiger partial charge < -0.3 is 14.6 Å². The number of methoxy groups -OCH3 is 2. The number of rotatable bonds is 5. The number of Topliss-reactive ketones (excluding diaryl/α,β-unsaturated/α-hetero) is 1. The van der Waals surface area contributed by atoms with Crippen molar-refractivity contribution >= 4 is 23.1 Å². The average Bonchev–Trinajstić information content (AvgIpc) is 3.09. The molecule has 6 nitrogen and oxygen atoms in total. The van der Waals surface area contributed by atoms with E-state index in [4.69, 9.17) is 9.47 Å². The summed E-state index contributed by atoms with van der Waals surface area (Å²) in [6, 6.07) is 19.0. The highest BCUT2D eigenvalue weighted by Gasteiger charge is 2.47. The highest BCUT2D eigenvalue weighted by atomic mass is 16.5. The summed E-state index contributed by atoms with van der Waals surface area (Å²) < 4.78 is 10.6. The van der Waals surface area contributed by atoms with E-state index in [1.807, 2.05) is 62.4 Å². The molecule has 1 amide bonds. The van der Waals surface area contributed by atoms with Gasteiger partial charge in [0.2, 0.25) is 0 Å². The number of nitrogens with zero attached hydrogens (tertiary/aromatic N) is 1. The standard InChI is InChI=1S/C27H25NO5/c1-16-9-12-19(13-10-16)28-24(20-8-6-5-7-17(20)2)23(26(30)27(28)31)25(29)18-11-14-21(32-3)22(15-18)33-4/h5-15,24,29H,1-4H3/b25-23+. The van der Waals surface area contributed by atoms with Gasteiger partial charge in [-0.15, -0.1) is 0 Å². The van der Waals surface area contributed by atoms with E-state index in [9.17, 15) is 14.7 Å². The average molecular weight is 443 g/mol. The number of carbonyl (C=O) groups excluding carboxylic acids is 2. The second-order valence-corrected chi connectivity index (χ2v) is 7.93. The van der Waals surface area contributed by atoms with E-state index in [0.29, 0.717) is 22.7 Å². The molecule has 0 radical (unpaired) electrons. The minimum Gasteiger partial charge on any atom is -0.507 e. The van der Waals surface area contributed by atoms with Crippen LogP contribution in [0.15, 0.2) is 72.3 Å². The van der Waals surface area contributed by atoms with Crippen molar-refractivity contribution in [1.29, 1.82) is 0 Å². The summed E-state index contributed by atoms with van der Waals surface area (Å²) in [5.41, 5.74) is 3.67. The van der Waals surface area contributed by atoms with Gasteiger partial charge in [-0.05, 0) is 55.3 Å². The molecule has 1 atom stereocenters. The highest BCUT2D eigenvalue weighted by Crippen LogP contribution is 2.43. The van der Waals surface area contributed by atoms with Crippen molar-refractivity contribution in [3.8, 4) is 11.5 Å².